The molecule has 30 heavy (non-hydrogen) atoms. The average molecular weight is 402 g/mol. The van der Waals surface area contributed by atoms with Crippen LogP contribution < -0.4 is 4.74 Å². The third kappa shape index (κ3) is 3.73. The molecule has 2 atom stereocenters. The van der Waals surface area contributed by atoms with Crippen LogP contribution in [0.15, 0.2) is 72.9 Å². The molecule has 5 nitrogen and oxygen atoms in total. The zero-order valence-corrected chi connectivity index (χ0v) is 16.9. The molecule has 3 aromatic rings. The highest BCUT2D eigenvalue weighted by atomic mass is 16.5. The summed E-state index contributed by atoms with van der Waals surface area (Å²) in [5.41, 5.74) is 2.96. The van der Waals surface area contributed by atoms with E-state index in [4.69, 9.17) is 9.47 Å². The summed E-state index contributed by atoms with van der Waals surface area (Å²) in [7, 11) is 0. The van der Waals surface area contributed by atoms with Crippen molar-refractivity contribution in [1.29, 1.82) is 0 Å². The number of benzene rings is 2. The maximum atomic E-state index is 13.4. The van der Waals surface area contributed by atoms with Crippen LogP contribution in [0.3, 0.4) is 0 Å². The van der Waals surface area contributed by atoms with Crippen LogP contribution in [0.2, 0.25) is 0 Å². The van der Waals surface area contributed by atoms with Crippen LogP contribution in [0, 0.1) is 0 Å². The van der Waals surface area contributed by atoms with Gasteiger partial charge < -0.3 is 18.9 Å². The second kappa shape index (κ2) is 8.36. The second-order valence-electron chi connectivity index (χ2n) is 7.91. The van der Waals surface area contributed by atoms with Gasteiger partial charge in [-0.25, -0.2) is 0 Å². The van der Waals surface area contributed by atoms with E-state index in [1.165, 1.54) is 0 Å². The number of carbonyl (C=O) groups is 1. The van der Waals surface area contributed by atoms with Gasteiger partial charge in [0.2, 0.25) is 0 Å². The molecule has 0 saturated carbocycles. The van der Waals surface area contributed by atoms with Crippen molar-refractivity contribution in [3.63, 3.8) is 0 Å². The number of amides is 1. The van der Waals surface area contributed by atoms with Crippen molar-refractivity contribution < 1.29 is 14.3 Å². The summed E-state index contributed by atoms with van der Waals surface area (Å²) < 4.78 is 13.7. The van der Waals surface area contributed by atoms with E-state index >= 15 is 0 Å². The van der Waals surface area contributed by atoms with Crippen LogP contribution in [0.5, 0.6) is 5.75 Å². The quantitative estimate of drug-likeness (QED) is 0.639. The lowest BCUT2D eigenvalue weighted by Gasteiger charge is -2.37. The summed E-state index contributed by atoms with van der Waals surface area (Å²) in [4.78, 5) is 15.4. The largest absolute Gasteiger partial charge is 0.491 e. The normalized spacial score (nSPS) is 20.7. The molecular formula is C25H26N2O3. The molecule has 154 valence electrons. The van der Waals surface area contributed by atoms with E-state index in [0.29, 0.717) is 18.7 Å². The van der Waals surface area contributed by atoms with Gasteiger partial charge >= 0.3 is 0 Å². The molecule has 0 bridgehead atoms. The Bertz CT molecular complexity index is 991. The Morgan fingerprint density at radius 3 is 2.60 bits per heavy atom. The summed E-state index contributed by atoms with van der Waals surface area (Å²) in [6.45, 7) is 2.87. The van der Waals surface area contributed by atoms with Crippen molar-refractivity contribution in [2.24, 2.45) is 0 Å². The van der Waals surface area contributed by atoms with Gasteiger partial charge in [0.1, 0.15) is 12.4 Å². The van der Waals surface area contributed by atoms with Crippen molar-refractivity contribution in [2.45, 2.75) is 31.5 Å². The maximum Gasteiger partial charge on any atom is 0.254 e. The number of aromatic nitrogens is 1. The highest BCUT2D eigenvalue weighted by Crippen LogP contribution is 2.33. The molecule has 1 fully saturated rings. The molecule has 2 aromatic carbocycles. The monoisotopic (exact) mass is 402 g/mol. The highest BCUT2D eigenvalue weighted by molar-refractivity contribution is 5.95. The predicted molar refractivity (Wildman–Crippen MR) is 115 cm³/mol. The first-order valence-corrected chi connectivity index (χ1v) is 10.6. The lowest BCUT2D eigenvalue weighted by Crippen LogP contribution is -2.42. The van der Waals surface area contributed by atoms with Gasteiger partial charge in [-0.1, -0.05) is 30.3 Å². The molecule has 1 saturated heterocycles. The fraction of sp³-hybridized carbons (Fsp3) is 0.320. The highest BCUT2D eigenvalue weighted by Gasteiger charge is 2.32. The standard InChI is InChI=1S/C25H26N2O3/c28-25(20-10-12-21(13-11-20)30-18-22-8-5-17-29-22)27-16-15-26-14-4-9-23(26)24(27)19-6-2-1-3-7-19/h1-4,6-7,9-14,22,24H,5,8,15-18H2/t22-,24-/m1/s1. The van der Waals surface area contributed by atoms with Crippen LogP contribution in [0.25, 0.3) is 0 Å². The van der Waals surface area contributed by atoms with Gasteiger partial charge in [0, 0.05) is 37.2 Å². The van der Waals surface area contributed by atoms with Crippen molar-refractivity contribution in [3.8, 4) is 5.75 Å². The lowest BCUT2D eigenvalue weighted by molar-refractivity contribution is 0.0660. The Hall–Kier alpha value is -3.05. The molecule has 0 unspecified atom stereocenters. The van der Waals surface area contributed by atoms with Crippen molar-refractivity contribution in [1.82, 2.24) is 9.47 Å². The fourth-order valence-corrected chi connectivity index (χ4v) is 4.41. The van der Waals surface area contributed by atoms with Gasteiger partial charge in [-0.15, -0.1) is 0 Å². The number of rotatable bonds is 5. The van der Waals surface area contributed by atoms with E-state index in [0.717, 1.165) is 43.0 Å². The second-order valence-corrected chi connectivity index (χ2v) is 7.91. The summed E-state index contributed by atoms with van der Waals surface area (Å²) in [6.07, 6.45) is 4.42. The molecule has 2 aliphatic rings. The minimum Gasteiger partial charge on any atom is -0.491 e. The van der Waals surface area contributed by atoms with Gasteiger partial charge in [-0.05, 0) is 54.8 Å². The van der Waals surface area contributed by atoms with Gasteiger partial charge in [0.25, 0.3) is 5.91 Å². The molecule has 2 aliphatic heterocycles. The molecule has 0 radical (unpaired) electrons. The molecule has 0 N–H and O–H groups in total. The summed E-state index contributed by atoms with van der Waals surface area (Å²) >= 11 is 0. The van der Waals surface area contributed by atoms with Gasteiger partial charge in [0.05, 0.1) is 12.1 Å². The topological polar surface area (TPSA) is 43.7 Å². The Balaban J connectivity index is 1.35. The van der Waals surface area contributed by atoms with Crippen molar-refractivity contribution in [3.05, 3.63) is 89.7 Å². The van der Waals surface area contributed by atoms with Crippen LogP contribution >= 0.6 is 0 Å². The van der Waals surface area contributed by atoms with E-state index in [1.54, 1.807) is 0 Å². The van der Waals surface area contributed by atoms with Crippen LogP contribution in [0.1, 0.15) is 40.5 Å². The minimum atomic E-state index is -0.0853. The number of carbonyl (C=O) groups excluding carboxylic acids is 1. The molecule has 3 heterocycles. The molecule has 0 aliphatic carbocycles. The van der Waals surface area contributed by atoms with Crippen LogP contribution in [-0.4, -0.2) is 41.2 Å². The third-order valence-corrected chi connectivity index (χ3v) is 5.98. The number of hydrogen-bond acceptors (Lipinski definition) is 3. The number of nitrogens with zero attached hydrogens (tertiary/aromatic N) is 2. The van der Waals surface area contributed by atoms with Gasteiger partial charge in [-0.3, -0.25) is 4.79 Å². The Morgan fingerprint density at radius 1 is 1.00 bits per heavy atom. The lowest BCUT2D eigenvalue weighted by atomic mass is 9.99. The summed E-state index contributed by atoms with van der Waals surface area (Å²) in [5, 5.41) is 0. The molecule has 5 rings (SSSR count). The molecule has 1 amide bonds. The Labute approximate surface area is 176 Å². The third-order valence-electron chi connectivity index (χ3n) is 5.98. The first kappa shape index (κ1) is 18.9. The molecule has 1 aromatic heterocycles. The van der Waals surface area contributed by atoms with E-state index < -0.39 is 0 Å². The zero-order valence-electron chi connectivity index (χ0n) is 16.9. The minimum absolute atomic E-state index is 0.0435. The van der Waals surface area contributed by atoms with E-state index in [1.807, 2.05) is 47.4 Å². The number of fused-ring (bicyclic) bond motifs is 1. The molecule has 0 spiro atoms. The van der Waals surface area contributed by atoms with E-state index in [9.17, 15) is 4.79 Å². The summed E-state index contributed by atoms with van der Waals surface area (Å²) in [6, 6.07) is 21.8. The first-order chi connectivity index (χ1) is 14.8. The molecule has 5 heteroatoms. The van der Waals surface area contributed by atoms with Crippen LogP contribution in [-0.2, 0) is 11.3 Å². The SMILES string of the molecule is O=C(c1ccc(OC[C@H]2CCCO2)cc1)N1CCn2cccc2[C@H]1c1ccccc1. The maximum absolute atomic E-state index is 13.4. The molecular weight excluding hydrogens is 376 g/mol. The van der Waals surface area contributed by atoms with E-state index in [2.05, 4.69) is 35.0 Å². The van der Waals surface area contributed by atoms with E-state index in [-0.39, 0.29) is 18.1 Å². The van der Waals surface area contributed by atoms with Crippen LogP contribution in [0.4, 0.5) is 0 Å². The van der Waals surface area contributed by atoms with Crippen molar-refractivity contribution in [2.75, 3.05) is 19.8 Å². The Kier molecular flexibility index (Phi) is 5.28. The Morgan fingerprint density at radius 2 is 1.83 bits per heavy atom. The van der Waals surface area contributed by atoms with Gasteiger partial charge in [-0.2, -0.15) is 0 Å². The average Bonchev–Trinajstić information content (AvgIpc) is 3.49. The predicted octanol–water partition coefficient (Wildman–Crippen LogP) is 4.29. The zero-order chi connectivity index (χ0) is 20.3. The smallest absolute Gasteiger partial charge is 0.254 e. The first-order valence-electron chi connectivity index (χ1n) is 10.6. The fourth-order valence-electron chi connectivity index (χ4n) is 4.41. The van der Waals surface area contributed by atoms with Gasteiger partial charge in [0.15, 0.2) is 0 Å². The number of ether oxygens (including phenoxy) is 2. The number of hydrogen-bond donors (Lipinski definition) is 0. The van der Waals surface area contributed by atoms with Crippen molar-refractivity contribution >= 4 is 5.91 Å². The summed E-state index contributed by atoms with van der Waals surface area (Å²) in [5.74, 6) is 0.816.